The highest BCUT2D eigenvalue weighted by Crippen LogP contribution is 1.82. The van der Waals surface area contributed by atoms with Crippen LogP contribution in [0.1, 0.15) is 13.8 Å². The van der Waals surface area contributed by atoms with Gasteiger partial charge in [0.05, 0.1) is 6.61 Å². The van der Waals surface area contributed by atoms with Gasteiger partial charge < -0.3 is 15.8 Å². The van der Waals surface area contributed by atoms with E-state index in [0.29, 0.717) is 0 Å². The van der Waals surface area contributed by atoms with E-state index in [-0.39, 0.29) is 6.61 Å². The van der Waals surface area contributed by atoms with Gasteiger partial charge in [0.2, 0.25) is 5.91 Å². The molecule has 0 aliphatic carbocycles. The molecule has 0 heterocycles. The van der Waals surface area contributed by atoms with Gasteiger partial charge >= 0.3 is 6.09 Å². The van der Waals surface area contributed by atoms with E-state index in [9.17, 15) is 9.59 Å². The minimum absolute atomic E-state index is 0.275. The predicted molar refractivity (Wildman–Crippen MR) is 38.8 cm³/mol. The van der Waals surface area contributed by atoms with Crippen LogP contribution in [0.4, 0.5) is 4.79 Å². The molecule has 11 heavy (non-hydrogen) atoms. The van der Waals surface area contributed by atoms with E-state index in [1.54, 1.807) is 6.92 Å². The summed E-state index contributed by atoms with van der Waals surface area (Å²) in [5, 5.41) is 2.24. The number of nitrogens with one attached hydrogen (secondary N) is 1. The summed E-state index contributed by atoms with van der Waals surface area (Å²) in [5.74, 6) is -0.585. The predicted octanol–water partition coefficient (Wildman–Crippen LogP) is -0.394. The van der Waals surface area contributed by atoms with E-state index in [2.05, 4.69) is 10.1 Å². The molecule has 5 heteroatoms. The lowest BCUT2D eigenvalue weighted by Gasteiger charge is -2.08. The molecule has 0 fully saturated rings. The second-order valence-corrected chi connectivity index (χ2v) is 1.99. The van der Waals surface area contributed by atoms with E-state index in [4.69, 9.17) is 5.73 Å². The fourth-order valence-electron chi connectivity index (χ4n) is 0.421. The van der Waals surface area contributed by atoms with Gasteiger partial charge in [-0.25, -0.2) is 4.79 Å². The zero-order valence-corrected chi connectivity index (χ0v) is 6.59. The van der Waals surface area contributed by atoms with Crippen LogP contribution in [-0.2, 0) is 9.53 Å². The lowest BCUT2D eigenvalue weighted by atomic mass is 10.3. The highest BCUT2D eigenvalue weighted by atomic mass is 16.5. The summed E-state index contributed by atoms with van der Waals surface area (Å²) < 4.78 is 4.50. The molecular formula is C6H12N2O3. The Hall–Kier alpha value is -1.26. The third-order valence-corrected chi connectivity index (χ3v) is 1.04. The largest absolute Gasteiger partial charge is 0.450 e. The summed E-state index contributed by atoms with van der Waals surface area (Å²) in [6, 6.07) is -0.686. The van der Waals surface area contributed by atoms with Gasteiger partial charge in [-0.3, -0.25) is 4.79 Å². The molecule has 0 saturated heterocycles. The number of amides is 2. The molecule has 0 aliphatic heterocycles. The molecule has 0 aliphatic rings. The van der Waals surface area contributed by atoms with Crippen molar-refractivity contribution in [2.24, 2.45) is 5.73 Å². The molecule has 0 radical (unpaired) electrons. The number of nitrogens with two attached hydrogens (primary N) is 1. The zero-order chi connectivity index (χ0) is 8.85. The summed E-state index contributed by atoms with van der Waals surface area (Å²) >= 11 is 0. The van der Waals surface area contributed by atoms with Crippen molar-refractivity contribution < 1.29 is 14.3 Å². The van der Waals surface area contributed by atoms with Crippen molar-refractivity contribution in [1.82, 2.24) is 5.32 Å². The van der Waals surface area contributed by atoms with Gasteiger partial charge in [0.25, 0.3) is 0 Å². The van der Waals surface area contributed by atoms with Gasteiger partial charge in [-0.1, -0.05) is 0 Å². The summed E-state index contributed by atoms with van der Waals surface area (Å²) in [6.07, 6.45) is -0.626. The Morgan fingerprint density at radius 3 is 2.55 bits per heavy atom. The highest BCUT2D eigenvalue weighted by molar-refractivity contribution is 5.83. The van der Waals surface area contributed by atoms with Gasteiger partial charge in [0, 0.05) is 0 Å². The Kier molecular flexibility index (Phi) is 4.02. The number of alkyl carbamates (subject to hydrolysis) is 1. The molecule has 0 aromatic rings. The summed E-state index contributed by atoms with van der Waals surface area (Å²) in [5.41, 5.74) is 4.87. The van der Waals surface area contributed by atoms with Crippen LogP contribution in [0.2, 0.25) is 0 Å². The van der Waals surface area contributed by atoms with Crippen LogP contribution in [0.15, 0.2) is 0 Å². The van der Waals surface area contributed by atoms with Crippen LogP contribution in [-0.4, -0.2) is 24.6 Å². The normalized spacial score (nSPS) is 11.8. The van der Waals surface area contributed by atoms with E-state index < -0.39 is 18.0 Å². The maximum Gasteiger partial charge on any atom is 0.407 e. The maximum absolute atomic E-state index is 10.6. The van der Waals surface area contributed by atoms with Crippen molar-refractivity contribution in [3.05, 3.63) is 0 Å². The van der Waals surface area contributed by atoms with Crippen LogP contribution < -0.4 is 11.1 Å². The van der Waals surface area contributed by atoms with Crippen molar-refractivity contribution >= 4 is 12.0 Å². The fourth-order valence-corrected chi connectivity index (χ4v) is 0.421. The second-order valence-electron chi connectivity index (χ2n) is 1.99. The number of ether oxygens (including phenoxy) is 1. The fraction of sp³-hybridized carbons (Fsp3) is 0.667. The molecule has 64 valence electrons. The van der Waals surface area contributed by atoms with Crippen LogP contribution in [0, 0.1) is 0 Å². The van der Waals surface area contributed by atoms with Crippen LogP contribution in [0.5, 0.6) is 0 Å². The monoisotopic (exact) mass is 160 g/mol. The first kappa shape index (κ1) is 9.74. The lowest BCUT2D eigenvalue weighted by Crippen LogP contribution is -2.42. The van der Waals surface area contributed by atoms with E-state index >= 15 is 0 Å². The molecule has 0 aromatic carbocycles. The Balaban J connectivity index is 3.66. The minimum atomic E-state index is -0.686. The van der Waals surface area contributed by atoms with Crippen molar-refractivity contribution in [2.45, 2.75) is 19.9 Å². The number of carbonyl (C=O) groups is 2. The summed E-state index contributed by atoms with van der Waals surface area (Å²) in [4.78, 5) is 21.0. The lowest BCUT2D eigenvalue weighted by molar-refractivity contribution is -0.119. The standard InChI is InChI=1S/C6H12N2O3/c1-3-11-6(10)8-4(2)5(7)9/h4H,3H2,1-2H3,(H2,7,9)(H,8,10)/t4-/m0/s1. The average molecular weight is 160 g/mol. The smallest absolute Gasteiger partial charge is 0.407 e. The number of primary amides is 1. The molecule has 3 N–H and O–H groups in total. The van der Waals surface area contributed by atoms with Gasteiger partial charge in [-0.05, 0) is 13.8 Å². The Labute approximate surface area is 64.9 Å². The quantitative estimate of drug-likeness (QED) is 0.589. The number of rotatable bonds is 3. The number of hydrogen-bond donors (Lipinski definition) is 2. The topological polar surface area (TPSA) is 81.4 Å². The second kappa shape index (κ2) is 4.54. The van der Waals surface area contributed by atoms with E-state index in [1.165, 1.54) is 6.92 Å². The third-order valence-electron chi connectivity index (χ3n) is 1.04. The summed E-state index contributed by atoms with van der Waals surface area (Å²) in [7, 11) is 0. The molecule has 2 amide bonds. The first-order chi connectivity index (χ1) is 5.07. The molecule has 1 atom stereocenters. The molecule has 0 unspecified atom stereocenters. The molecule has 0 rings (SSSR count). The molecule has 0 spiro atoms. The van der Waals surface area contributed by atoms with Gasteiger partial charge in [0.15, 0.2) is 0 Å². The number of carbonyl (C=O) groups excluding carboxylic acids is 2. The van der Waals surface area contributed by atoms with Crippen molar-refractivity contribution in [2.75, 3.05) is 6.61 Å². The Morgan fingerprint density at radius 1 is 1.64 bits per heavy atom. The molecule has 0 bridgehead atoms. The molecule has 0 saturated carbocycles. The summed E-state index contributed by atoms with van der Waals surface area (Å²) in [6.45, 7) is 3.44. The van der Waals surface area contributed by atoms with Gasteiger partial charge in [0.1, 0.15) is 6.04 Å². The maximum atomic E-state index is 10.6. The van der Waals surface area contributed by atoms with E-state index in [0.717, 1.165) is 0 Å². The highest BCUT2D eigenvalue weighted by Gasteiger charge is 2.11. The van der Waals surface area contributed by atoms with Gasteiger partial charge in [-0.2, -0.15) is 0 Å². The number of hydrogen-bond acceptors (Lipinski definition) is 3. The van der Waals surface area contributed by atoms with Gasteiger partial charge in [-0.15, -0.1) is 0 Å². The molecule has 0 aromatic heterocycles. The Morgan fingerprint density at radius 2 is 2.18 bits per heavy atom. The minimum Gasteiger partial charge on any atom is -0.450 e. The molecular weight excluding hydrogens is 148 g/mol. The first-order valence-electron chi connectivity index (χ1n) is 3.30. The first-order valence-corrected chi connectivity index (χ1v) is 3.30. The van der Waals surface area contributed by atoms with Crippen molar-refractivity contribution in [3.8, 4) is 0 Å². The van der Waals surface area contributed by atoms with Crippen LogP contribution in [0.3, 0.4) is 0 Å². The van der Waals surface area contributed by atoms with E-state index in [1.807, 2.05) is 0 Å². The van der Waals surface area contributed by atoms with Crippen LogP contribution in [0.25, 0.3) is 0 Å². The molecule has 5 nitrogen and oxygen atoms in total. The SMILES string of the molecule is CCOC(=O)N[C@@H](C)C(N)=O. The third kappa shape index (κ3) is 4.19. The Bertz CT molecular complexity index is 158. The average Bonchev–Trinajstić information content (AvgIpc) is 1.87. The van der Waals surface area contributed by atoms with Crippen molar-refractivity contribution in [3.63, 3.8) is 0 Å². The van der Waals surface area contributed by atoms with Crippen molar-refractivity contribution in [1.29, 1.82) is 0 Å². The van der Waals surface area contributed by atoms with Crippen LogP contribution >= 0.6 is 0 Å². The zero-order valence-electron chi connectivity index (χ0n) is 6.59.